The third-order valence-electron chi connectivity index (χ3n) is 3.48. The summed E-state index contributed by atoms with van der Waals surface area (Å²) < 4.78 is 10.3. The highest BCUT2D eigenvalue weighted by atomic mass is 16.5. The van der Waals surface area contributed by atoms with Crippen LogP contribution in [0.1, 0.15) is 52.6 Å². The van der Waals surface area contributed by atoms with Crippen molar-refractivity contribution in [2.75, 3.05) is 33.4 Å². The fraction of sp³-hybridized carbons (Fsp3) is 0.632. The Bertz CT molecular complexity index is 452. The van der Waals surface area contributed by atoms with Gasteiger partial charge >= 0.3 is 6.09 Å². The first-order valence-corrected chi connectivity index (χ1v) is 8.83. The molecule has 138 valence electrons. The molecule has 0 radical (unpaired) electrons. The highest BCUT2D eigenvalue weighted by molar-refractivity contribution is 5.66. The van der Waals surface area contributed by atoms with Crippen molar-refractivity contribution >= 4 is 6.09 Å². The van der Waals surface area contributed by atoms with Crippen LogP contribution in [0.4, 0.5) is 4.79 Å². The molecular weight excluding hydrogens is 304 g/mol. The number of rotatable bonds is 8. The van der Waals surface area contributed by atoms with E-state index < -0.39 is 6.09 Å². The van der Waals surface area contributed by atoms with Crippen LogP contribution in [0, 0.1) is 0 Å². The second-order valence-electron chi connectivity index (χ2n) is 5.40. The maximum Gasteiger partial charge on any atom is 0.406 e. The van der Waals surface area contributed by atoms with Crippen LogP contribution in [-0.4, -0.2) is 44.3 Å². The van der Waals surface area contributed by atoms with Gasteiger partial charge in [0.2, 0.25) is 0 Å². The summed E-state index contributed by atoms with van der Waals surface area (Å²) >= 11 is 0. The summed E-state index contributed by atoms with van der Waals surface area (Å²) in [6.07, 6.45) is 0.855. The average molecular weight is 338 g/mol. The predicted molar refractivity (Wildman–Crippen MR) is 99.6 cm³/mol. The third-order valence-corrected chi connectivity index (χ3v) is 3.48. The minimum Gasteiger partial charge on any atom is -0.494 e. The lowest BCUT2D eigenvalue weighted by molar-refractivity contribution is 0.165. The molecule has 5 heteroatoms. The third kappa shape index (κ3) is 8.20. The van der Waals surface area contributed by atoms with Crippen LogP contribution in [-0.2, 0) is 4.74 Å². The molecule has 0 heterocycles. The van der Waals surface area contributed by atoms with E-state index in [0.717, 1.165) is 18.8 Å². The predicted octanol–water partition coefficient (Wildman–Crippen LogP) is 4.24. The maximum absolute atomic E-state index is 11.1. The number of benzene rings is 1. The molecule has 0 aromatic heterocycles. The molecule has 1 atom stereocenters. The second kappa shape index (κ2) is 13.7. The van der Waals surface area contributed by atoms with Crippen molar-refractivity contribution in [3.63, 3.8) is 0 Å². The molecule has 1 rings (SSSR count). The number of carbonyl (C=O) groups is 1. The van der Waals surface area contributed by atoms with Crippen LogP contribution in [0.2, 0.25) is 0 Å². The summed E-state index contributed by atoms with van der Waals surface area (Å²) in [6, 6.07) is 8.31. The zero-order chi connectivity index (χ0) is 18.4. The number of methoxy groups -OCH3 is 1. The summed E-state index contributed by atoms with van der Waals surface area (Å²) in [7, 11) is 1.37. The van der Waals surface area contributed by atoms with Gasteiger partial charge in [-0.2, -0.15) is 0 Å². The fourth-order valence-corrected chi connectivity index (χ4v) is 2.31. The Balaban J connectivity index is 0.00000163. The Labute approximate surface area is 147 Å². The van der Waals surface area contributed by atoms with Gasteiger partial charge in [0.15, 0.2) is 0 Å². The Hall–Kier alpha value is -1.75. The first-order valence-electron chi connectivity index (χ1n) is 8.83. The Morgan fingerprint density at radius 3 is 2.38 bits per heavy atom. The highest BCUT2D eigenvalue weighted by Crippen LogP contribution is 2.28. The van der Waals surface area contributed by atoms with E-state index in [2.05, 4.69) is 48.7 Å². The number of nitrogens with zero attached hydrogens (tertiary/aromatic N) is 1. The van der Waals surface area contributed by atoms with Crippen LogP contribution in [0.5, 0.6) is 5.75 Å². The molecule has 1 aromatic carbocycles. The van der Waals surface area contributed by atoms with E-state index in [-0.39, 0.29) is 6.04 Å². The van der Waals surface area contributed by atoms with Crippen molar-refractivity contribution in [1.82, 2.24) is 10.2 Å². The highest BCUT2D eigenvalue weighted by Gasteiger charge is 2.17. The van der Waals surface area contributed by atoms with Crippen LogP contribution < -0.4 is 10.1 Å². The molecule has 24 heavy (non-hydrogen) atoms. The van der Waals surface area contributed by atoms with E-state index in [9.17, 15) is 4.79 Å². The topological polar surface area (TPSA) is 50.8 Å². The standard InChI is InChI=1S/C16H26N2O3.C3H8/c1-5-18(12-11-17-16(19)20-4)13(3)14-9-7-8-10-15(14)21-6-2;1-3-2/h7-10,13H,5-6,11-12H2,1-4H3,(H,17,19);3H2,1-2H3. The van der Waals surface area contributed by atoms with E-state index in [4.69, 9.17) is 4.74 Å². The summed E-state index contributed by atoms with van der Waals surface area (Å²) in [5.41, 5.74) is 1.17. The zero-order valence-electron chi connectivity index (χ0n) is 16.1. The van der Waals surface area contributed by atoms with Crippen LogP contribution in [0.25, 0.3) is 0 Å². The maximum atomic E-state index is 11.1. The zero-order valence-corrected chi connectivity index (χ0v) is 16.1. The van der Waals surface area contributed by atoms with Crippen LogP contribution >= 0.6 is 0 Å². The second-order valence-corrected chi connectivity index (χ2v) is 5.40. The van der Waals surface area contributed by atoms with Gasteiger partial charge in [-0.15, -0.1) is 0 Å². The number of nitrogens with one attached hydrogen (secondary N) is 1. The molecule has 1 amide bonds. The molecule has 0 aliphatic heterocycles. The van der Waals surface area contributed by atoms with Gasteiger partial charge in [-0.25, -0.2) is 4.79 Å². The van der Waals surface area contributed by atoms with Gasteiger partial charge in [-0.1, -0.05) is 45.4 Å². The summed E-state index contributed by atoms with van der Waals surface area (Å²) in [4.78, 5) is 13.4. The van der Waals surface area contributed by atoms with Crippen LogP contribution in [0.15, 0.2) is 24.3 Å². The van der Waals surface area contributed by atoms with Crippen molar-refractivity contribution in [2.45, 2.75) is 47.1 Å². The van der Waals surface area contributed by atoms with Crippen molar-refractivity contribution in [3.8, 4) is 5.75 Å². The molecule has 0 fully saturated rings. The fourth-order valence-electron chi connectivity index (χ4n) is 2.31. The molecule has 0 saturated carbocycles. The van der Waals surface area contributed by atoms with Gasteiger partial charge in [-0.3, -0.25) is 4.90 Å². The van der Waals surface area contributed by atoms with E-state index in [1.807, 2.05) is 25.1 Å². The van der Waals surface area contributed by atoms with Gasteiger partial charge in [0.25, 0.3) is 0 Å². The van der Waals surface area contributed by atoms with Gasteiger partial charge in [0.05, 0.1) is 13.7 Å². The number of alkyl carbamates (subject to hydrolysis) is 1. The van der Waals surface area contributed by atoms with Crippen molar-refractivity contribution < 1.29 is 14.3 Å². The quantitative estimate of drug-likeness (QED) is 0.770. The van der Waals surface area contributed by atoms with Gasteiger partial charge in [-0.05, 0) is 26.5 Å². The average Bonchev–Trinajstić information content (AvgIpc) is 2.59. The van der Waals surface area contributed by atoms with Crippen molar-refractivity contribution in [1.29, 1.82) is 0 Å². The molecule has 0 saturated heterocycles. The number of carbonyl (C=O) groups excluding carboxylic acids is 1. The minimum absolute atomic E-state index is 0.220. The van der Waals surface area contributed by atoms with E-state index in [1.54, 1.807) is 0 Å². The molecule has 0 aliphatic carbocycles. The Morgan fingerprint density at radius 2 is 1.83 bits per heavy atom. The van der Waals surface area contributed by atoms with Gasteiger partial charge < -0.3 is 14.8 Å². The number of hydrogen-bond donors (Lipinski definition) is 1. The number of amides is 1. The Morgan fingerprint density at radius 1 is 1.21 bits per heavy atom. The lowest BCUT2D eigenvalue weighted by Crippen LogP contribution is -2.36. The van der Waals surface area contributed by atoms with E-state index >= 15 is 0 Å². The molecular formula is C19H34N2O3. The monoisotopic (exact) mass is 338 g/mol. The number of hydrogen-bond acceptors (Lipinski definition) is 4. The SMILES string of the molecule is CCC.CCOc1ccccc1C(C)N(CC)CCNC(=O)OC. The van der Waals surface area contributed by atoms with Crippen molar-refractivity contribution in [3.05, 3.63) is 29.8 Å². The number of para-hydroxylation sites is 1. The molecule has 0 aliphatic rings. The molecule has 5 nitrogen and oxygen atoms in total. The van der Waals surface area contributed by atoms with Gasteiger partial charge in [0.1, 0.15) is 5.75 Å². The molecule has 0 spiro atoms. The Kier molecular flexibility index (Phi) is 12.7. The molecule has 1 N–H and O–H groups in total. The summed E-state index contributed by atoms with van der Waals surface area (Å²) in [5, 5.41) is 2.71. The molecule has 0 bridgehead atoms. The van der Waals surface area contributed by atoms with Gasteiger partial charge in [0, 0.05) is 24.7 Å². The summed E-state index contributed by atoms with van der Waals surface area (Å²) in [5.74, 6) is 0.923. The smallest absolute Gasteiger partial charge is 0.406 e. The minimum atomic E-state index is -0.395. The normalized spacial score (nSPS) is 11.3. The van der Waals surface area contributed by atoms with E-state index in [0.29, 0.717) is 13.2 Å². The lowest BCUT2D eigenvalue weighted by atomic mass is 10.1. The molecule has 1 aromatic rings. The summed E-state index contributed by atoms with van der Waals surface area (Å²) in [6.45, 7) is 13.4. The first-order chi connectivity index (χ1) is 11.5. The largest absolute Gasteiger partial charge is 0.494 e. The van der Waals surface area contributed by atoms with Crippen molar-refractivity contribution in [2.24, 2.45) is 0 Å². The van der Waals surface area contributed by atoms with E-state index in [1.165, 1.54) is 19.1 Å². The number of ether oxygens (including phenoxy) is 2. The lowest BCUT2D eigenvalue weighted by Gasteiger charge is -2.29. The number of likely N-dealkylation sites (N-methyl/N-ethyl adjacent to an activating group) is 1. The van der Waals surface area contributed by atoms with Crippen LogP contribution in [0.3, 0.4) is 0 Å². The molecule has 1 unspecified atom stereocenters. The first kappa shape index (κ1) is 22.2.